The number of benzene rings is 7. The van der Waals surface area contributed by atoms with E-state index in [4.69, 9.17) is 9.97 Å². The van der Waals surface area contributed by atoms with Crippen LogP contribution in [-0.4, -0.2) is 19.6 Å². The molecule has 0 unspecified atom stereocenters. The zero-order chi connectivity index (χ0) is 49.2. The molecule has 2 aromatic heterocycles. The van der Waals surface area contributed by atoms with Gasteiger partial charge in [0.25, 0.3) is 0 Å². The summed E-state index contributed by atoms with van der Waals surface area (Å²) in [4.78, 5) is 10.8. The van der Waals surface area contributed by atoms with Crippen LogP contribution in [0.1, 0.15) is 141 Å². The molecular formula is C65H69N3O. The molecule has 2 heterocycles. The molecule has 0 aliphatic rings. The van der Waals surface area contributed by atoms with Gasteiger partial charge in [-0.15, -0.1) is 0 Å². The number of pyridine rings is 1. The summed E-state index contributed by atoms with van der Waals surface area (Å²) in [6, 6.07) is 53.1. The first-order valence-electron chi connectivity index (χ1n) is 24.9. The van der Waals surface area contributed by atoms with Crippen molar-refractivity contribution in [1.82, 2.24) is 14.5 Å². The minimum Gasteiger partial charge on any atom is -0.507 e. The largest absolute Gasteiger partial charge is 0.507 e. The second kappa shape index (κ2) is 17.9. The molecule has 9 rings (SSSR count). The molecule has 0 spiro atoms. The molecule has 0 atom stereocenters. The molecule has 0 saturated carbocycles. The van der Waals surface area contributed by atoms with Crippen LogP contribution in [0.4, 0.5) is 0 Å². The van der Waals surface area contributed by atoms with Crippen LogP contribution in [0.5, 0.6) is 5.75 Å². The van der Waals surface area contributed by atoms with Gasteiger partial charge in [-0.2, -0.15) is 0 Å². The Morgan fingerprint density at radius 3 is 1.80 bits per heavy atom. The number of fused-ring (bicyclic) bond motifs is 2. The zero-order valence-corrected chi connectivity index (χ0v) is 43.1. The fourth-order valence-corrected chi connectivity index (χ4v) is 9.88. The van der Waals surface area contributed by atoms with Crippen molar-refractivity contribution >= 4 is 21.8 Å². The standard InChI is InChI=1S/C65H69N3O/c1-40(2)53-36-50(63(5,6)7)37-54(41(3)4)60(53)68-58-25-19-24-52(59(58)67-62(68)55-38-51(64(8,9)10)39-56(61(55)69)65(11,12)13)48-32-43(30-42-26-27-45-22-17-18-23-46(45)31-42)33-49(34-48)57-35-47(28-29-66-57)44-20-15-14-16-21-44/h14-29,31-41,69H,30H2,1-13H3. The molecule has 4 heteroatoms. The molecular weight excluding hydrogens is 839 g/mol. The molecule has 0 amide bonds. The van der Waals surface area contributed by atoms with Gasteiger partial charge in [-0.3, -0.25) is 9.55 Å². The number of phenolic OH excluding ortho intramolecular Hbond substituents is 1. The van der Waals surface area contributed by atoms with Crippen LogP contribution >= 0.6 is 0 Å². The Morgan fingerprint density at radius 1 is 0.507 bits per heavy atom. The number of para-hydroxylation sites is 1. The Kier molecular flexibility index (Phi) is 12.3. The van der Waals surface area contributed by atoms with Crippen LogP contribution in [0.25, 0.3) is 72.4 Å². The van der Waals surface area contributed by atoms with Crippen LogP contribution in [0, 0.1) is 0 Å². The first-order chi connectivity index (χ1) is 32.7. The predicted molar refractivity (Wildman–Crippen MR) is 293 cm³/mol. The number of hydrogen-bond donors (Lipinski definition) is 1. The Hall–Kier alpha value is -6.78. The van der Waals surface area contributed by atoms with E-state index in [1.165, 1.54) is 38.6 Å². The molecule has 4 nitrogen and oxygen atoms in total. The monoisotopic (exact) mass is 908 g/mol. The van der Waals surface area contributed by atoms with Crippen molar-refractivity contribution < 1.29 is 5.11 Å². The Bertz CT molecular complexity index is 3340. The highest BCUT2D eigenvalue weighted by Gasteiger charge is 2.31. The maximum Gasteiger partial charge on any atom is 0.149 e. The highest BCUT2D eigenvalue weighted by Crippen LogP contribution is 2.47. The van der Waals surface area contributed by atoms with E-state index in [-0.39, 0.29) is 33.8 Å². The quantitative estimate of drug-likeness (QED) is 0.157. The summed E-state index contributed by atoms with van der Waals surface area (Å²) in [6.45, 7) is 29.4. The summed E-state index contributed by atoms with van der Waals surface area (Å²) >= 11 is 0. The molecule has 1 N–H and O–H groups in total. The van der Waals surface area contributed by atoms with Gasteiger partial charge in [0.1, 0.15) is 11.6 Å². The van der Waals surface area contributed by atoms with Gasteiger partial charge in [-0.1, -0.05) is 199 Å². The van der Waals surface area contributed by atoms with Gasteiger partial charge in [0, 0.05) is 22.9 Å². The van der Waals surface area contributed by atoms with Crippen molar-refractivity contribution in [2.45, 2.75) is 125 Å². The van der Waals surface area contributed by atoms with Crippen LogP contribution in [-0.2, 0) is 22.7 Å². The van der Waals surface area contributed by atoms with Gasteiger partial charge in [-0.25, -0.2) is 4.98 Å². The SMILES string of the molecule is CC(C)c1cc(C(C)(C)C)cc(C(C)C)c1-n1c(-c2cc(C(C)(C)C)cc(C(C)(C)C)c2O)nc2c(-c3cc(Cc4ccc5ccccc5c4)cc(-c4cc(-c5ccccc5)ccn4)c3)cccc21. The molecule has 0 radical (unpaired) electrons. The molecule has 0 bridgehead atoms. The number of rotatable bonds is 9. The maximum atomic E-state index is 12.7. The van der Waals surface area contributed by atoms with Gasteiger partial charge in [0.15, 0.2) is 0 Å². The van der Waals surface area contributed by atoms with E-state index in [1.54, 1.807) is 0 Å². The smallest absolute Gasteiger partial charge is 0.149 e. The Labute approximate surface area is 411 Å². The van der Waals surface area contributed by atoms with Gasteiger partial charge < -0.3 is 5.11 Å². The summed E-state index contributed by atoms with van der Waals surface area (Å²) in [5.41, 5.74) is 17.9. The normalized spacial score (nSPS) is 12.5. The number of aromatic hydroxyl groups is 1. The van der Waals surface area contributed by atoms with Gasteiger partial charge in [-0.05, 0) is 132 Å². The maximum absolute atomic E-state index is 12.7. The molecule has 9 aromatic rings. The average molecular weight is 908 g/mol. The highest BCUT2D eigenvalue weighted by atomic mass is 16.3. The van der Waals surface area contributed by atoms with Crippen LogP contribution < -0.4 is 0 Å². The highest BCUT2D eigenvalue weighted by molar-refractivity contribution is 5.97. The van der Waals surface area contributed by atoms with E-state index in [2.05, 4.69) is 240 Å². The first-order valence-corrected chi connectivity index (χ1v) is 24.9. The van der Waals surface area contributed by atoms with Gasteiger partial charge in [0.05, 0.1) is 28.0 Å². The minimum atomic E-state index is -0.323. The lowest BCUT2D eigenvalue weighted by atomic mass is 9.78. The van der Waals surface area contributed by atoms with E-state index in [1.807, 2.05) is 6.20 Å². The summed E-state index contributed by atoms with van der Waals surface area (Å²) in [5, 5.41) is 15.2. The van der Waals surface area contributed by atoms with Crippen LogP contribution in [0.15, 0.2) is 152 Å². The lowest BCUT2D eigenvalue weighted by Crippen LogP contribution is -2.18. The fourth-order valence-electron chi connectivity index (χ4n) is 9.88. The summed E-state index contributed by atoms with van der Waals surface area (Å²) in [6.07, 6.45) is 2.67. The molecule has 350 valence electrons. The fraction of sp³-hybridized carbons (Fsp3) is 0.292. The van der Waals surface area contributed by atoms with Crippen molar-refractivity contribution in [2.75, 3.05) is 0 Å². The molecule has 0 fully saturated rings. The summed E-state index contributed by atoms with van der Waals surface area (Å²) in [5.74, 6) is 1.44. The second-order valence-corrected chi connectivity index (χ2v) is 23.0. The third-order valence-electron chi connectivity index (χ3n) is 13.9. The molecule has 69 heavy (non-hydrogen) atoms. The molecule has 0 aliphatic heterocycles. The van der Waals surface area contributed by atoms with Crippen molar-refractivity contribution in [3.63, 3.8) is 0 Å². The lowest BCUT2D eigenvalue weighted by Gasteiger charge is -2.29. The van der Waals surface area contributed by atoms with Crippen molar-refractivity contribution in [3.05, 3.63) is 191 Å². The minimum absolute atomic E-state index is 0.0508. The van der Waals surface area contributed by atoms with Crippen molar-refractivity contribution in [1.29, 1.82) is 0 Å². The summed E-state index contributed by atoms with van der Waals surface area (Å²) in [7, 11) is 0. The van der Waals surface area contributed by atoms with E-state index in [9.17, 15) is 5.11 Å². The average Bonchev–Trinajstić information content (AvgIpc) is 3.69. The third kappa shape index (κ3) is 9.39. The third-order valence-corrected chi connectivity index (χ3v) is 13.9. The van der Waals surface area contributed by atoms with Crippen molar-refractivity contribution in [2.24, 2.45) is 0 Å². The van der Waals surface area contributed by atoms with Crippen LogP contribution in [0.2, 0.25) is 0 Å². The lowest BCUT2D eigenvalue weighted by molar-refractivity contribution is 0.446. The zero-order valence-electron chi connectivity index (χ0n) is 43.1. The molecule has 0 saturated heterocycles. The number of imidazole rings is 1. The number of nitrogens with zero attached hydrogens (tertiary/aromatic N) is 3. The first kappa shape index (κ1) is 47.3. The van der Waals surface area contributed by atoms with Gasteiger partial charge in [0.2, 0.25) is 0 Å². The van der Waals surface area contributed by atoms with E-state index in [0.717, 1.165) is 79.2 Å². The molecule has 0 aliphatic carbocycles. The van der Waals surface area contributed by atoms with E-state index in [0.29, 0.717) is 0 Å². The van der Waals surface area contributed by atoms with E-state index >= 15 is 0 Å². The number of phenols is 1. The van der Waals surface area contributed by atoms with Crippen molar-refractivity contribution in [3.8, 4) is 56.3 Å². The second-order valence-electron chi connectivity index (χ2n) is 23.0. The number of aromatic nitrogens is 3. The molecule has 7 aromatic carbocycles. The number of hydrogen-bond acceptors (Lipinski definition) is 3. The Morgan fingerprint density at radius 2 is 1.14 bits per heavy atom. The van der Waals surface area contributed by atoms with E-state index < -0.39 is 0 Å². The van der Waals surface area contributed by atoms with Gasteiger partial charge >= 0.3 is 0 Å². The topological polar surface area (TPSA) is 50.9 Å². The summed E-state index contributed by atoms with van der Waals surface area (Å²) < 4.78 is 2.40. The Balaban J connectivity index is 1.36. The predicted octanol–water partition coefficient (Wildman–Crippen LogP) is 17.7. The van der Waals surface area contributed by atoms with Crippen LogP contribution in [0.3, 0.4) is 0 Å².